The number of anilines is 1. The molecular formula is C18H17NO2. The quantitative estimate of drug-likeness (QED) is 0.849. The van der Waals surface area contributed by atoms with E-state index >= 15 is 0 Å². The molecule has 0 bridgehead atoms. The Hall–Kier alpha value is -2.57. The van der Waals surface area contributed by atoms with Crippen molar-refractivity contribution in [2.24, 2.45) is 0 Å². The van der Waals surface area contributed by atoms with Gasteiger partial charge in [0.25, 0.3) is 5.91 Å². The summed E-state index contributed by atoms with van der Waals surface area (Å²) in [6.07, 6.45) is 0.860. The molecule has 0 aromatic heterocycles. The predicted octanol–water partition coefficient (Wildman–Crippen LogP) is 2.85. The maximum Gasteiger partial charge on any atom is 0.255 e. The van der Waals surface area contributed by atoms with Crippen LogP contribution in [0, 0.1) is 11.8 Å². The average molecular weight is 279 g/mol. The lowest BCUT2D eigenvalue weighted by Crippen LogP contribution is -2.13. The van der Waals surface area contributed by atoms with Crippen LogP contribution in [-0.4, -0.2) is 17.6 Å². The summed E-state index contributed by atoms with van der Waals surface area (Å²) in [6, 6.07) is 14.8. The van der Waals surface area contributed by atoms with Gasteiger partial charge in [0.05, 0.1) is 0 Å². The van der Waals surface area contributed by atoms with E-state index in [1.165, 1.54) is 0 Å². The number of hydrogen-bond donors (Lipinski definition) is 2. The summed E-state index contributed by atoms with van der Waals surface area (Å²) >= 11 is 0. The summed E-state index contributed by atoms with van der Waals surface area (Å²) in [5, 5.41) is 11.6. The Morgan fingerprint density at radius 2 is 2.00 bits per heavy atom. The summed E-state index contributed by atoms with van der Waals surface area (Å²) in [7, 11) is 0. The molecule has 0 fully saturated rings. The maximum absolute atomic E-state index is 12.3. The fraction of sp³-hybridized carbons (Fsp3) is 0.167. The van der Waals surface area contributed by atoms with Crippen LogP contribution in [0.5, 0.6) is 0 Å². The largest absolute Gasteiger partial charge is 0.384 e. The van der Waals surface area contributed by atoms with Crippen LogP contribution in [0.25, 0.3) is 0 Å². The van der Waals surface area contributed by atoms with Crippen LogP contribution in [-0.2, 0) is 6.42 Å². The second kappa shape index (κ2) is 7.28. The third-order valence-corrected chi connectivity index (χ3v) is 3.08. The highest BCUT2D eigenvalue weighted by Gasteiger charge is 2.08. The smallest absolute Gasteiger partial charge is 0.255 e. The van der Waals surface area contributed by atoms with E-state index in [9.17, 15) is 4.79 Å². The Labute approximate surface area is 124 Å². The van der Waals surface area contributed by atoms with Crippen LogP contribution in [0.3, 0.4) is 0 Å². The van der Waals surface area contributed by atoms with Crippen molar-refractivity contribution in [3.63, 3.8) is 0 Å². The van der Waals surface area contributed by atoms with Gasteiger partial charge in [-0.3, -0.25) is 4.79 Å². The molecule has 0 aliphatic heterocycles. The molecule has 21 heavy (non-hydrogen) atoms. The molecule has 1 amide bonds. The van der Waals surface area contributed by atoms with E-state index < -0.39 is 0 Å². The fourth-order valence-electron chi connectivity index (χ4n) is 2.02. The molecule has 0 unspecified atom stereocenters. The molecule has 0 aliphatic rings. The Balaban J connectivity index is 2.20. The number of hydrogen-bond acceptors (Lipinski definition) is 2. The monoisotopic (exact) mass is 279 g/mol. The molecule has 0 heterocycles. The summed E-state index contributed by atoms with van der Waals surface area (Å²) in [4.78, 5) is 12.3. The van der Waals surface area contributed by atoms with Gasteiger partial charge in [-0.15, -0.1) is 0 Å². The van der Waals surface area contributed by atoms with Crippen LogP contribution in [0.1, 0.15) is 28.4 Å². The summed E-state index contributed by atoms with van der Waals surface area (Å²) in [5.41, 5.74) is 3.19. The van der Waals surface area contributed by atoms with Gasteiger partial charge in [-0.05, 0) is 36.2 Å². The van der Waals surface area contributed by atoms with E-state index in [2.05, 4.69) is 24.1 Å². The van der Waals surface area contributed by atoms with Gasteiger partial charge in [0.2, 0.25) is 0 Å². The average Bonchev–Trinajstić information content (AvgIpc) is 2.53. The number of rotatable bonds is 3. The molecule has 3 nitrogen and oxygen atoms in total. The van der Waals surface area contributed by atoms with E-state index in [0.717, 1.165) is 17.7 Å². The van der Waals surface area contributed by atoms with Gasteiger partial charge in [-0.1, -0.05) is 43.0 Å². The minimum atomic E-state index is -0.194. The number of para-hydroxylation sites is 1. The molecule has 2 aromatic carbocycles. The first kappa shape index (κ1) is 14.8. The topological polar surface area (TPSA) is 49.3 Å². The van der Waals surface area contributed by atoms with Crippen LogP contribution >= 0.6 is 0 Å². The van der Waals surface area contributed by atoms with Crippen molar-refractivity contribution in [2.75, 3.05) is 11.9 Å². The molecule has 0 atom stereocenters. The highest BCUT2D eigenvalue weighted by atomic mass is 16.2. The van der Waals surface area contributed by atoms with Crippen molar-refractivity contribution in [1.82, 2.24) is 0 Å². The Kier molecular flexibility index (Phi) is 5.14. The maximum atomic E-state index is 12.3. The summed E-state index contributed by atoms with van der Waals surface area (Å²) in [6.45, 7) is 1.86. The molecule has 106 valence electrons. The zero-order chi connectivity index (χ0) is 15.1. The molecule has 0 spiro atoms. The van der Waals surface area contributed by atoms with E-state index in [1.807, 2.05) is 24.3 Å². The van der Waals surface area contributed by atoms with Crippen LogP contribution in [0.2, 0.25) is 0 Å². The van der Waals surface area contributed by atoms with Gasteiger partial charge < -0.3 is 10.4 Å². The fourth-order valence-corrected chi connectivity index (χ4v) is 2.02. The third kappa shape index (κ3) is 3.95. The SMILES string of the molecule is CCc1ccccc1NC(=O)c1cccc(C#CCO)c1. The predicted molar refractivity (Wildman–Crippen MR) is 84.2 cm³/mol. The zero-order valence-corrected chi connectivity index (χ0v) is 11.9. The highest BCUT2D eigenvalue weighted by Crippen LogP contribution is 2.17. The van der Waals surface area contributed by atoms with Gasteiger partial charge >= 0.3 is 0 Å². The van der Waals surface area contributed by atoms with Crippen LogP contribution < -0.4 is 5.32 Å². The summed E-state index contributed by atoms with van der Waals surface area (Å²) < 4.78 is 0. The molecule has 2 rings (SSSR count). The van der Waals surface area contributed by atoms with E-state index in [4.69, 9.17) is 5.11 Å². The lowest BCUT2D eigenvalue weighted by molar-refractivity contribution is 0.102. The number of benzene rings is 2. The second-order valence-corrected chi connectivity index (χ2v) is 4.51. The van der Waals surface area contributed by atoms with Crippen LogP contribution in [0.4, 0.5) is 5.69 Å². The molecule has 0 saturated heterocycles. The zero-order valence-electron chi connectivity index (χ0n) is 11.9. The van der Waals surface area contributed by atoms with Gasteiger partial charge in [0.1, 0.15) is 6.61 Å². The molecular weight excluding hydrogens is 262 g/mol. The molecule has 2 aromatic rings. The molecule has 0 saturated carbocycles. The number of nitrogens with one attached hydrogen (secondary N) is 1. The van der Waals surface area contributed by atoms with E-state index in [0.29, 0.717) is 11.1 Å². The minimum Gasteiger partial charge on any atom is -0.384 e. The lowest BCUT2D eigenvalue weighted by Gasteiger charge is -2.09. The third-order valence-electron chi connectivity index (χ3n) is 3.08. The Morgan fingerprint density at radius 1 is 1.19 bits per heavy atom. The number of aryl methyl sites for hydroxylation is 1. The van der Waals surface area contributed by atoms with Crippen molar-refractivity contribution in [3.8, 4) is 11.8 Å². The summed E-state index contributed by atoms with van der Waals surface area (Å²) in [5.74, 6) is 5.21. The Bertz CT molecular complexity index is 696. The first-order valence-electron chi connectivity index (χ1n) is 6.83. The normalized spacial score (nSPS) is 9.62. The first-order valence-corrected chi connectivity index (χ1v) is 6.83. The number of aliphatic hydroxyl groups excluding tert-OH is 1. The van der Waals surface area contributed by atoms with Crippen molar-refractivity contribution in [3.05, 3.63) is 65.2 Å². The lowest BCUT2D eigenvalue weighted by atomic mass is 10.1. The molecule has 0 radical (unpaired) electrons. The van der Waals surface area contributed by atoms with E-state index in [1.54, 1.807) is 24.3 Å². The number of amides is 1. The van der Waals surface area contributed by atoms with Crippen molar-refractivity contribution >= 4 is 11.6 Å². The molecule has 3 heteroatoms. The number of aliphatic hydroxyl groups is 1. The van der Waals surface area contributed by atoms with Gasteiger partial charge in [-0.2, -0.15) is 0 Å². The van der Waals surface area contributed by atoms with Gasteiger partial charge in [-0.25, -0.2) is 0 Å². The number of carbonyl (C=O) groups is 1. The molecule has 2 N–H and O–H groups in total. The van der Waals surface area contributed by atoms with Crippen molar-refractivity contribution in [1.29, 1.82) is 0 Å². The van der Waals surface area contributed by atoms with Crippen molar-refractivity contribution < 1.29 is 9.90 Å². The Morgan fingerprint density at radius 3 is 2.76 bits per heavy atom. The first-order chi connectivity index (χ1) is 10.2. The minimum absolute atomic E-state index is 0.163. The second-order valence-electron chi connectivity index (χ2n) is 4.51. The highest BCUT2D eigenvalue weighted by molar-refractivity contribution is 6.04. The van der Waals surface area contributed by atoms with E-state index in [-0.39, 0.29) is 12.5 Å². The standard InChI is InChI=1S/C18H17NO2/c1-2-15-9-3-4-11-17(15)19-18(21)16-10-5-7-14(13-16)8-6-12-20/h3-5,7,9-11,13,20H,2,12H2,1H3,(H,19,21). The van der Waals surface area contributed by atoms with Crippen LogP contribution in [0.15, 0.2) is 48.5 Å². The molecule has 0 aliphatic carbocycles. The van der Waals surface area contributed by atoms with Gasteiger partial charge in [0, 0.05) is 16.8 Å². The van der Waals surface area contributed by atoms with Crippen molar-refractivity contribution in [2.45, 2.75) is 13.3 Å². The number of carbonyl (C=O) groups excluding carboxylic acids is 1. The van der Waals surface area contributed by atoms with Gasteiger partial charge in [0.15, 0.2) is 0 Å².